The Balaban J connectivity index is 3.10. The maximum Gasteiger partial charge on any atom is 0.209 e. The Bertz CT molecular complexity index is 205. The third kappa shape index (κ3) is 1.03. The Kier molecular flexibility index (Phi) is 1.74. The van der Waals surface area contributed by atoms with Crippen molar-refractivity contribution in [2.24, 2.45) is 7.05 Å². The van der Waals surface area contributed by atoms with Crippen LogP contribution >= 0.6 is 0 Å². The molecular formula is C7H14N3+. The number of hydrogen-bond donors (Lipinski definition) is 0. The molecule has 0 N–H and O–H groups in total. The maximum absolute atomic E-state index is 4.12. The summed E-state index contributed by atoms with van der Waals surface area (Å²) in [6, 6.07) is 0.493. The number of hydrogen-bond acceptors (Lipinski definition) is 1. The molecule has 0 aliphatic rings. The Hall–Kier alpha value is -0.860. The molecule has 3 heteroatoms. The molecule has 0 saturated heterocycles. The van der Waals surface area contributed by atoms with Gasteiger partial charge in [-0.15, -0.1) is 0 Å². The van der Waals surface area contributed by atoms with Crippen LogP contribution in [0.5, 0.6) is 0 Å². The van der Waals surface area contributed by atoms with Gasteiger partial charge in [-0.1, -0.05) is 0 Å². The van der Waals surface area contributed by atoms with Crippen LogP contribution in [0.2, 0.25) is 0 Å². The van der Waals surface area contributed by atoms with Gasteiger partial charge in [-0.2, -0.15) is 4.68 Å². The largest absolute Gasteiger partial charge is 0.209 e. The van der Waals surface area contributed by atoms with Gasteiger partial charge in [0, 0.05) is 12.0 Å². The molecule has 0 aliphatic carbocycles. The van der Waals surface area contributed by atoms with Gasteiger partial charge in [-0.3, -0.25) is 0 Å². The summed E-state index contributed by atoms with van der Waals surface area (Å²) in [5, 5.41) is 4.12. The van der Waals surface area contributed by atoms with Gasteiger partial charge in [0.25, 0.3) is 0 Å². The highest BCUT2D eigenvalue weighted by Crippen LogP contribution is 1.93. The molecular weight excluding hydrogens is 126 g/mol. The topological polar surface area (TPSA) is 21.7 Å². The normalized spacial score (nSPS) is 10.9. The number of rotatable bonds is 1. The highest BCUT2D eigenvalue weighted by Gasteiger charge is 2.12. The second-order valence-electron chi connectivity index (χ2n) is 2.81. The predicted molar refractivity (Wildman–Crippen MR) is 38.5 cm³/mol. The summed E-state index contributed by atoms with van der Waals surface area (Å²) in [7, 11) is 1.95. The second-order valence-corrected chi connectivity index (χ2v) is 2.81. The van der Waals surface area contributed by atoms with Crippen molar-refractivity contribution in [3.63, 3.8) is 0 Å². The van der Waals surface area contributed by atoms with Gasteiger partial charge >= 0.3 is 0 Å². The first-order chi connectivity index (χ1) is 4.63. The molecule has 0 fully saturated rings. The fraction of sp³-hybridized carbons (Fsp3) is 0.714. The van der Waals surface area contributed by atoms with Gasteiger partial charge in [0.2, 0.25) is 6.20 Å². The van der Waals surface area contributed by atoms with E-state index in [2.05, 4.69) is 30.6 Å². The van der Waals surface area contributed by atoms with Gasteiger partial charge in [-0.25, -0.2) is 0 Å². The highest BCUT2D eigenvalue weighted by molar-refractivity contribution is 4.77. The van der Waals surface area contributed by atoms with Crippen LogP contribution in [0.3, 0.4) is 0 Å². The van der Waals surface area contributed by atoms with Crippen molar-refractivity contribution in [3.05, 3.63) is 11.9 Å². The molecule has 0 bridgehead atoms. The van der Waals surface area contributed by atoms with E-state index in [1.165, 1.54) is 5.69 Å². The van der Waals surface area contributed by atoms with E-state index in [0.717, 1.165) is 0 Å². The predicted octanol–water partition coefficient (Wildman–Crippen LogP) is 0.597. The molecule has 0 aromatic carbocycles. The lowest BCUT2D eigenvalue weighted by Crippen LogP contribution is -2.46. The molecule has 0 spiro atoms. The van der Waals surface area contributed by atoms with Crippen molar-refractivity contribution >= 4 is 0 Å². The standard InChI is InChI=1S/C7H14N3/c1-6(2)10-7(3)5-8-9(10)4/h5-6H,1-4H3/q+1. The molecule has 10 heavy (non-hydrogen) atoms. The van der Waals surface area contributed by atoms with Crippen LogP contribution in [0.4, 0.5) is 0 Å². The first-order valence-electron chi connectivity index (χ1n) is 3.53. The van der Waals surface area contributed by atoms with Crippen molar-refractivity contribution in [3.8, 4) is 0 Å². The molecule has 0 radical (unpaired) electrons. The molecule has 0 unspecified atom stereocenters. The first kappa shape index (κ1) is 7.25. The minimum Gasteiger partial charge on any atom is -0.156 e. The van der Waals surface area contributed by atoms with E-state index in [0.29, 0.717) is 6.04 Å². The minimum atomic E-state index is 0.493. The lowest BCUT2D eigenvalue weighted by Gasteiger charge is -2.02. The van der Waals surface area contributed by atoms with Crippen LogP contribution < -0.4 is 4.68 Å². The summed E-state index contributed by atoms with van der Waals surface area (Å²) in [5.41, 5.74) is 1.21. The summed E-state index contributed by atoms with van der Waals surface area (Å²) in [6.07, 6.45) is 1.88. The van der Waals surface area contributed by atoms with Gasteiger partial charge in [0.1, 0.15) is 6.04 Å². The Labute approximate surface area is 61.3 Å². The monoisotopic (exact) mass is 140 g/mol. The minimum absolute atomic E-state index is 0.493. The van der Waals surface area contributed by atoms with E-state index >= 15 is 0 Å². The number of aryl methyl sites for hydroxylation is 2. The van der Waals surface area contributed by atoms with Crippen LogP contribution in [-0.4, -0.2) is 9.90 Å². The molecule has 1 aromatic heterocycles. The molecule has 0 atom stereocenters. The van der Waals surface area contributed by atoms with Gasteiger partial charge in [0.05, 0.1) is 7.05 Å². The number of nitrogens with zero attached hydrogens (tertiary/aromatic N) is 3. The smallest absolute Gasteiger partial charge is 0.156 e. The zero-order chi connectivity index (χ0) is 7.72. The van der Waals surface area contributed by atoms with Crippen LogP contribution in [0, 0.1) is 6.92 Å². The van der Waals surface area contributed by atoms with Crippen LogP contribution in [0.15, 0.2) is 6.20 Å². The third-order valence-electron chi connectivity index (χ3n) is 1.57. The Morgan fingerprint density at radius 3 is 2.40 bits per heavy atom. The van der Waals surface area contributed by atoms with Crippen molar-refractivity contribution in [2.45, 2.75) is 26.8 Å². The summed E-state index contributed by atoms with van der Waals surface area (Å²) in [5.74, 6) is 0. The quantitative estimate of drug-likeness (QED) is 0.523. The summed E-state index contributed by atoms with van der Waals surface area (Å²) in [4.78, 5) is 1.86. The zero-order valence-corrected chi connectivity index (χ0v) is 7.00. The van der Waals surface area contributed by atoms with E-state index in [1.807, 2.05) is 18.0 Å². The van der Waals surface area contributed by atoms with Crippen LogP contribution in [0.25, 0.3) is 0 Å². The van der Waals surface area contributed by atoms with Crippen molar-refractivity contribution in [1.29, 1.82) is 0 Å². The van der Waals surface area contributed by atoms with E-state index in [9.17, 15) is 0 Å². The SMILES string of the molecule is Cc1cnn(C)[n+]1C(C)C. The molecule has 1 aromatic rings. The lowest BCUT2D eigenvalue weighted by molar-refractivity contribution is -0.798. The molecule has 1 rings (SSSR count). The summed E-state index contributed by atoms with van der Waals surface area (Å²) < 4.78 is 2.14. The molecule has 56 valence electrons. The van der Waals surface area contributed by atoms with E-state index in [1.54, 1.807) is 0 Å². The molecule has 0 aliphatic heterocycles. The first-order valence-corrected chi connectivity index (χ1v) is 3.53. The van der Waals surface area contributed by atoms with E-state index in [4.69, 9.17) is 0 Å². The zero-order valence-electron chi connectivity index (χ0n) is 7.00. The highest BCUT2D eigenvalue weighted by atomic mass is 15.5. The fourth-order valence-electron chi connectivity index (χ4n) is 1.25. The molecule has 1 heterocycles. The third-order valence-corrected chi connectivity index (χ3v) is 1.57. The Morgan fingerprint density at radius 2 is 2.20 bits per heavy atom. The van der Waals surface area contributed by atoms with Crippen molar-refractivity contribution < 1.29 is 4.68 Å². The molecule has 3 nitrogen and oxygen atoms in total. The van der Waals surface area contributed by atoms with Crippen LogP contribution in [0.1, 0.15) is 25.6 Å². The van der Waals surface area contributed by atoms with Gasteiger partial charge < -0.3 is 0 Å². The van der Waals surface area contributed by atoms with Crippen molar-refractivity contribution in [1.82, 2.24) is 9.90 Å². The lowest BCUT2D eigenvalue weighted by atomic mass is 10.4. The summed E-state index contributed by atoms with van der Waals surface area (Å²) in [6.45, 7) is 6.36. The maximum atomic E-state index is 4.12. The fourth-order valence-corrected chi connectivity index (χ4v) is 1.25. The van der Waals surface area contributed by atoms with Crippen molar-refractivity contribution in [2.75, 3.05) is 0 Å². The van der Waals surface area contributed by atoms with Gasteiger partial charge in [-0.05, 0) is 18.6 Å². The van der Waals surface area contributed by atoms with E-state index < -0.39 is 0 Å². The summed E-state index contributed by atoms with van der Waals surface area (Å²) >= 11 is 0. The second kappa shape index (κ2) is 2.40. The van der Waals surface area contributed by atoms with E-state index in [-0.39, 0.29) is 0 Å². The van der Waals surface area contributed by atoms with Crippen LogP contribution in [-0.2, 0) is 7.05 Å². The average molecular weight is 140 g/mol. The Morgan fingerprint density at radius 1 is 1.60 bits per heavy atom. The molecule has 0 amide bonds. The average Bonchev–Trinajstić information content (AvgIpc) is 2.11. The molecule has 0 saturated carbocycles. The van der Waals surface area contributed by atoms with Gasteiger partial charge in [0.15, 0.2) is 5.69 Å². The number of aromatic nitrogens is 3.